The van der Waals surface area contributed by atoms with E-state index in [-0.39, 0.29) is 28.4 Å². The van der Waals surface area contributed by atoms with Crippen LogP contribution >= 0.6 is 23.2 Å². The molecule has 0 saturated carbocycles. The Morgan fingerprint density at radius 2 is 1.82 bits per heavy atom. The SMILES string of the molecule is CN(CCO)Cc1cccc(C(=O)Nc2ccc(Cl)cc2C(=O)N/N=C/c2ccc(Cl)c(C(F)(F)F)c2)c1. The van der Waals surface area contributed by atoms with Crippen LogP contribution in [0.3, 0.4) is 0 Å². The molecule has 0 aliphatic heterocycles. The fourth-order valence-electron chi connectivity index (χ4n) is 3.45. The number of halogens is 5. The Hall–Kier alpha value is -3.44. The fraction of sp³-hybridized carbons (Fsp3) is 0.192. The molecule has 0 aromatic heterocycles. The zero-order chi connectivity index (χ0) is 27.9. The van der Waals surface area contributed by atoms with Crippen molar-refractivity contribution in [2.24, 2.45) is 5.10 Å². The number of carbonyl (C=O) groups is 2. The van der Waals surface area contributed by atoms with Crippen LogP contribution in [0.2, 0.25) is 10.0 Å². The van der Waals surface area contributed by atoms with E-state index in [0.29, 0.717) is 18.7 Å². The molecule has 3 N–H and O–H groups in total. The van der Waals surface area contributed by atoms with Crippen molar-refractivity contribution in [1.29, 1.82) is 0 Å². The number of amides is 2. The molecule has 0 heterocycles. The van der Waals surface area contributed by atoms with Crippen LogP contribution in [0.1, 0.15) is 37.4 Å². The molecule has 0 atom stereocenters. The molecule has 38 heavy (non-hydrogen) atoms. The summed E-state index contributed by atoms with van der Waals surface area (Å²) >= 11 is 11.7. The monoisotopic (exact) mass is 566 g/mol. The smallest absolute Gasteiger partial charge is 0.395 e. The van der Waals surface area contributed by atoms with E-state index in [2.05, 4.69) is 15.8 Å². The average Bonchev–Trinajstić information content (AvgIpc) is 2.85. The molecule has 3 aromatic carbocycles. The van der Waals surface area contributed by atoms with Gasteiger partial charge in [-0.3, -0.25) is 14.5 Å². The molecule has 0 fully saturated rings. The standard InChI is InChI=1S/C26H23Cl2F3N4O3/c1-35(9-10-36)15-17-3-2-4-18(11-17)24(37)33-23-8-6-19(27)13-20(23)25(38)34-32-14-16-5-7-22(28)21(12-16)26(29,30)31/h2-8,11-14,36H,9-10,15H2,1H3,(H,33,37)(H,34,38)/b32-14+. The maximum absolute atomic E-state index is 13.1. The van der Waals surface area contributed by atoms with Crippen LogP contribution in [0.25, 0.3) is 0 Å². The Morgan fingerprint density at radius 3 is 2.53 bits per heavy atom. The highest BCUT2D eigenvalue weighted by atomic mass is 35.5. The van der Waals surface area contributed by atoms with Gasteiger partial charge in [0.1, 0.15) is 0 Å². The Labute approximate surface area is 226 Å². The van der Waals surface area contributed by atoms with E-state index in [1.54, 1.807) is 18.2 Å². The largest absolute Gasteiger partial charge is 0.417 e. The highest BCUT2D eigenvalue weighted by Gasteiger charge is 2.33. The first-order valence-electron chi connectivity index (χ1n) is 11.2. The van der Waals surface area contributed by atoms with Crippen molar-refractivity contribution in [3.8, 4) is 0 Å². The molecule has 3 rings (SSSR count). The van der Waals surface area contributed by atoms with Crippen molar-refractivity contribution in [2.45, 2.75) is 12.7 Å². The molecule has 2 amide bonds. The van der Waals surface area contributed by atoms with Gasteiger partial charge >= 0.3 is 6.18 Å². The number of likely N-dealkylation sites (N-methyl/N-ethyl adjacent to an activating group) is 1. The van der Waals surface area contributed by atoms with Crippen molar-refractivity contribution < 1.29 is 27.9 Å². The second-order valence-electron chi connectivity index (χ2n) is 8.24. The summed E-state index contributed by atoms with van der Waals surface area (Å²) < 4.78 is 39.2. The molecule has 7 nitrogen and oxygen atoms in total. The summed E-state index contributed by atoms with van der Waals surface area (Å²) in [5.74, 6) is -1.22. The molecule has 0 radical (unpaired) electrons. The lowest BCUT2D eigenvalue weighted by Gasteiger charge is -2.16. The van der Waals surface area contributed by atoms with E-state index in [1.165, 1.54) is 24.3 Å². The molecule has 0 spiro atoms. The number of hydrazone groups is 1. The highest BCUT2D eigenvalue weighted by molar-refractivity contribution is 6.31. The third kappa shape index (κ3) is 8.03. The Morgan fingerprint density at radius 1 is 1.05 bits per heavy atom. The zero-order valence-corrected chi connectivity index (χ0v) is 21.5. The van der Waals surface area contributed by atoms with Gasteiger partial charge in [-0.05, 0) is 60.6 Å². The minimum Gasteiger partial charge on any atom is -0.395 e. The summed E-state index contributed by atoms with van der Waals surface area (Å²) in [6.45, 7) is 1.01. The maximum atomic E-state index is 13.1. The average molecular weight is 567 g/mol. The van der Waals surface area contributed by atoms with Crippen LogP contribution in [0.15, 0.2) is 65.8 Å². The first kappa shape index (κ1) is 29.1. The summed E-state index contributed by atoms with van der Waals surface area (Å²) in [5.41, 5.74) is 2.61. The maximum Gasteiger partial charge on any atom is 0.417 e. The second-order valence-corrected chi connectivity index (χ2v) is 9.09. The van der Waals surface area contributed by atoms with Crippen molar-refractivity contribution in [3.63, 3.8) is 0 Å². The van der Waals surface area contributed by atoms with Gasteiger partial charge in [0, 0.05) is 23.7 Å². The van der Waals surface area contributed by atoms with Gasteiger partial charge in [-0.25, -0.2) is 5.43 Å². The lowest BCUT2D eigenvalue weighted by molar-refractivity contribution is -0.137. The lowest BCUT2D eigenvalue weighted by Crippen LogP contribution is -2.22. The van der Waals surface area contributed by atoms with Gasteiger partial charge in [-0.15, -0.1) is 0 Å². The van der Waals surface area contributed by atoms with E-state index in [1.807, 2.05) is 18.0 Å². The lowest BCUT2D eigenvalue weighted by atomic mass is 10.1. The Balaban J connectivity index is 1.75. The van der Waals surface area contributed by atoms with Gasteiger partial charge in [0.2, 0.25) is 0 Å². The quantitative estimate of drug-likeness (QED) is 0.237. The Kier molecular flexibility index (Phi) is 9.87. The van der Waals surface area contributed by atoms with Crippen molar-refractivity contribution in [1.82, 2.24) is 10.3 Å². The molecule has 0 aliphatic carbocycles. The van der Waals surface area contributed by atoms with Crippen LogP contribution in [0, 0.1) is 0 Å². The molecule has 0 aliphatic rings. The number of aliphatic hydroxyl groups excluding tert-OH is 1. The number of alkyl halides is 3. The molecular weight excluding hydrogens is 544 g/mol. The van der Waals surface area contributed by atoms with E-state index in [0.717, 1.165) is 23.9 Å². The molecule has 3 aromatic rings. The molecule has 200 valence electrons. The first-order chi connectivity index (χ1) is 18.0. The van der Waals surface area contributed by atoms with Crippen LogP contribution < -0.4 is 10.7 Å². The van der Waals surface area contributed by atoms with E-state index < -0.39 is 28.6 Å². The molecule has 0 bridgehead atoms. The highest BCUT2D eigenvalue weighted by Crippen LogP contribution is 2.34. The van der Waals surface area contributed by atoms with Crippen molar-refractivity contribution in [2.75, 3.05) is 25.5 Å². The van der Waals surface area contributed by atoms with Crippen molar-refractivity contribution in [3.05, 3.63) is 98.5 Å². The third-order valence-corrected chi connectivity index (χ3v) is 5.84. The number of rotatable bonds is 9. The normalized spacial score (nSPS) is 11.7. The number of hydrogen-bond donors (Lipinski definition) is 3. The van der Waals surface area contributed by atoms with Crippen molar-refractivity contribution >= 4 is 46.9 Å². The van der Waals surface area contributed by atoms with Gasteiger partial charge in [-0.2, -0.15) is 18.3 Å². The van der Waals surface area contributed by atoms with Crippen LogP contribution in [0.5, 0.6) is 0 Å². The van der Waals surface area contributed by atoms with E-state index in [4.69, 9.17) is 28.3 Å². The van der Waals surface area contributed by atoms with Gasteiger partial charge in [0.15, 0.2) is 0 Å². The number of aliphatic hydroxyl groups is 1. The van der Waals surface area contributed by atoms with Gasteiger partial charge in [-0.1, -0.05) is 41.4 Å². The number of nitrogens with one attached hydrogen (secondary N) is 2. The molecule has 0 saturated heterocycles. The molecular formula is C26H23Cl2F3N4O3. The number of carbonyl (C=O) groups excluding carboxylic acids is 2. The number of benzene rings is 3. The first-order valence-corrected chi connectivity index (χ1v) is 11.9. The number of nitrogens with zero attached hydrogens (tertiary/aromatic N) is 2. The molecule has 0 unspecified atom stereocenters. The van der Waals surface area contributed by atoms with E-state index >= 15 is 0 Å². The topological polar surface area (TPSA) is 94.0 Å². The van der Waals surface area contributed by atoms with Crippen LogP contribution in [-0.4, -0.2) is 48.2 Å². The minimum atomic E-state index is -4.65. The Bertz CT molecular complexity index is 1350. The van der Waals surface area contributed by atoms with Gasteiger partial charge in [0.25, 0.3) is 11.8 Å². The summed E-state index contributed by atoms with van der Waals surface area (Å²) in [7, 11) is 1.84. The predicted molar refractivity (Wildman–Crippen MR) is 141 cm³/mol. The van der Waals surface area contributed by atoms with Gasteiger partial charge in [0.05, 0.1) is 34.7 Å². The summed E-state index contributed by atoms with van der Waals surface area (Å²) in [6.07, 6.45) is -3.61. The number of hydrogen-bond acceptors (Lipinski definition) is 5. The van der Waals surface area contributed by atoms with Gasteiger partial charge < -0.3 is 10.4 Å². The summed E-state index contributed by atoms with van der Waals surface area (Å²) in [4.78, 5) is 27.6. The fourth-order valence-corrected chi connectivity index (χ4v) is 3.84. The zero-order valence-electron chi connectivity index (χ0n) is 20.0. The minimum absolute atomic E-state index is 0.00563. The molecule has 12 heteroatoms. The number of anilines is 1. The summed E-state index contributed by atoms with van der Waals surface area (Å²) in [6, 6.07) is 14.4. The van der Waals surface area contributed by atoms with Crippen LogP contribution in [0.4, 0.5) is 18.9 Å². The van der Waals surface area contributed by atoms with Crippen LogP contribution in [-0.2, 0) is 12.7 Å². The second kappa shape index (κ2) is 12.9. The summed E-state index contributed by atoms with van der Waals surface area (Å²) in [5, 5.41) is 15.2. The predicted octanol–water partition coefficient (Wildman–Crippen LogP) is 5.45. The third-order valence-electron chi connectivity index (χ3n) is 5.27. The van der Waals surface area contributed by atoms with E-state index in [9.17, 15) is 22.8 Å².